The van der Waals surface area contributed by atoms with Crippen LogP contribution in [-0.4, -0.2) is 30.0 Å². The average Bonchev–Trinajstić information content (AvgIpc) is 2.91. The van der Waals surface area contributed by atoms with E-state index in [9.17, 15) is 4.79 Å². The molecule has 2 heterocycles. The van der Waals surface area contributed by atoms with Gasteiger partial charge in [-0.05, 0) is 26.3 Å². The van der Waals surface area contributed by atoms with Gasteiger partial charge in [-0.2, -0.15) is 0 Å². The quantitative estimate of drug-likeness (QED) is 0.916. The molecule has 1 aromatic heterocycles. The van der Waals surface area contributed by atoms with Gasteiger partial charge in [0.2, 0.25) is 0 Å². The van der Waals surface area contributed by atoms with Crippen LogP contribution in [0.1, 0.15) is 28.2 Å². The Morgan fingerprint density at radius 1 is 1.38 bits per heavy atom. The van der Waals surface area contributed by atoms with Crippen molar-refractivity contribution in [2.75, 3.05) is 13.1 Å². The molecule has 5 heteroatoms. The molecule has 1 saturated heterocycles. The van der Waals surface area contributed by atoms with E-state index in [1.165, 1.54) is 11.3 Å². The number of aryl methyl sites for hydroxylation is 1. The van der Waals surface area contributed by atoms with E-state index in [-0.39, 0.29) is 11.9 Å². The fourth-order valence-electron chi connectivity index (χ4n) is 2.54. The Labute approximate surface area is 128 Å². The molecule has 2 N–H and O–H groups in total. The largest absolute Gasteiger partial charge is 0.347 e. The number of benzene rings is 1. The van der Waals surface area contributed by atoms with Crippen LogP contribution < -0.4 is 10.6 Å². The Morgan fingerprint density at radius 3 is 2.90 bits per heavy atom. The van der Waals surface area contributed by atoms with Crippen LogP contribution >= 0.6 is 11.3 Å². The molecule has 3 rings (SSSR count). The van der Waals surface area contributed by atoms with Gasteiger partial charge in [0.1, 0.15) is 9.88 Å². The standard InChI is InChI=1S/C16H19N3OS/c1-11-14(15(20)19-13-8-5-9-17-10-13)21-16(18-11)12-6-3-2-4-7-12/h2-4,6-7,13,17H,5,8-10H2,1H3,(H,19,20). The lowest BCUT2D eigenvalue weighted by Gasteiger charge is -2.23. The third-order valence-corrected chi connectivity index (χ3v) is 4.86. The summed E-state index contributed by atoms with van der Waals surface area (Å²) >= 11 is 1.47. The van der Waals surface area contributed by atoms with E-state index in [1.54, 1.807) is 0 Å². The van der Waals surface area contributed by atoms with Crippen LogP contribution in [0.3, 0.4) is 0 Å². The summed E-state index contributed by atoms with van der Waals surface area (Å²) in [4.78, 5) is 17.7. The predicted molar refractivity (Wildman–Crippen MR) is 85.6 cm³/mol. The van der Waals surface area contributed by atoms with Gasteiger partial charge in [-0.3, -0.25) is 4.79 Å². The summed E-state index contributed by atoms with van der Waals surface area (Å²) in [5.41, 5.74) is 1.86. The van der Waals surface area contributed by atoms with Crippen LogP contribution in [0.4, 0.5) is 0 Å². The number of rotatable bonds is 3. The van der Waals surface area contributed by atoms with Crippen molar-refractivity contribution in [1.29, 1.82) is 0 Å². The van der Waals surface area contributed by atoms with Crippen molar-refractivity contribution in [3.05, 3.63) is 40.9 Å². The van der Waals surface area contributed by atoms with Crippen molar-refractivity contribution in [3.8, 4) is 10.6 Å². The summed E-state index contributed by atoms with van der Waals surface area (Å²) in [6, 6.07) is 10.2. The zero-order valence-electron chi connectivity index (χ0n) is 12.1. The maximum absolute atomic E-state index is 12.4. The summed E-state index contributed by atoms with van der Waals surface area (Å²) in [5.74, 6) is 0.000816. The highest BCUT2D eigenvalue weighted by molar-refractivity contribution is 7.17. The highest BCUT2D eigenvalue weighted by atomic mass is 32.1. The second-order valence-electron chi connectivity index (χ2n) is 5.32. The number of hydrogen-bond acceptors (Lipinski definition) is 4. The fourth-order valence-corrected chi connectivity index (χ4v) is 3.51. The number of hydrogen-bond donors (Lipinski definition) is 2. The fraction of sp³-hybridized carbons (Fsp3) is 0.375. The third kappa shape index (κ3) is 3.31. The first-order valence-corrected chi connectivity index (χ1v) is 8.10. The Hall–Kier alpha value is -1.72. The summed E-state index contributed by atoms with van der Waals surface area (Å²) < 4.78 is 0. The zero-order chi connectivity index (χ0) is 14.7. The summed E-state index contributed by atoms with van der Waals surface area (Å²) in [5, 5.41) is 7.32. The SMILES string of the molecule is Cc1nc(-c2ccccc2)sc1C(=O)NC1CCCNC1. The average molecular weight is 301 g/mol. The molecule has 0 aliphatic carbocycles. The molecule has 1 fully saturated rings. The molecule has 0 saturated carbocycles. The number of carbonyl (C=O) groups is 1. The van der Waals surface area contributed by atoms with Gasteiger partial charge in [-0.1, -0.05) is 30.3 Å². The number of thiazole rings is 1. The van der Waals surface area contributed by atoms with Gasteiger partial charge in [0.15, 0.2) is 0 Å². The molecular weight excluding hydrogens is 282 g/mol. The van der Waals surface area contributed by atoms with E-state index in [4.69, 9.17) is 0 Å². The van der Waals surface area contributed by atoms with Gasteiger partial charge in [0, 0.05) is 18.2 Å². The molecular formula is C16H19N3OS. The van der Waals surface area contributed by atoms with Crippen LogP contribution in [0, 0.1) is 6.92 Å². The van der Waals surface area contributed by atoms with Gasteiger partial charge in [0.05, 0.1) is 5.69 Å². The van der Waals surface area contributed by atoms with E-state index < -0.39 is 0 Å². The number of amides is 1. The van der Waals surface area contributed by atoms with Gasteiger partial charge in [-0.15, -0.1) is 11.3 Å². The second-order valence-corrected chi connectivity index (χ2v) is 6.32. The highest BCUT2D eigenvalue weighted by Gasteiger charge is 2.20. The van der Waals surface area contributed by atoms with Crippen molar-refractivity contribution >= 4 is 17.2 Å². The van der Waals surface area contributed by atoms with Gasteiger partial charge in [0.25, 0.3) is 5.91 Å². The lowest BCUT2D eigenvalue weighted by molar-refractivity contribution is 0.0934. The number of carbonyl (C=O) groups excluding carboxylic acids is 1. The van der Waals surface area contributed by atoms with Crippen molar-refractivity contribution in [1.82, 2.24) is 15.6 Å². The molecule has 1 aliphatic rings. The Bertz CT molecular complexity index is 618. The highest BCUT2D eigenvalue weighted by Crippen LogP contribution is 2.27. The Kier molecular flexibility index (Phi) is 4.31. The molecule has 110 valence electrons. The minimum Gasteiger partial charge on any atom is -0.347 e. The molecule has 0 spiro atoms. The van der Waals surface area contributed by atoms with Crippen LogP contribution in [-0.2, 0) is 0 Å². The van der Waals surface area contributed by atoms with E-state index in [0.717, 1.165) is 47.1 Å². The van der Waals surface area contributed by atoms with Crippen molar-refractivity contribution in [3.63, 3.8) is 0 Å². The van der Waals surface area contributed by atoms with Crippen LogP contribution in [0.25, 0.3) is 10.6 Å². The Morgan fingerprint density at radius 2 is 2.19 bits per heavy atom. The van der Waals surface area contributed by atoms with Crippen molar-refractivity contribution < 1.29 is 4.79 Å². The molecule has 0 bridgehead atoms. The Balaban J connectivity index is 1.76. The minimum absolute atomic E-state index is 0.000816. The first-order chi connectivity index (χ1) is 10.2. The zero-order valence-corrected chi connectivity index (χ0v) is 12.9. The van der Waals surface area contributed by atoms with Crippen molar-refractivity contribution in [2.24, 2.45) is 0 Å². The first kappa shape index (κ1) is 14.2. The lowest BCUT2D eigenvalue weighted by Crippen LogP contribution is -2.45. The third-order valence-electron chi connectivity index (χ3n) is 3.66. The van der Waals surface area contributed by atoms with E-state index in [0.29, 0.717) is 0 Å². The molecule has 4 nitrogen and oxygen atoms in total. The molecule has 2 aromatic rings. The molecule has 1 unspecified atom stereocenters. The van der Waals surface area contributed by atoms with Crippen LogP contribution in [0.2, 0.25) is 0 Å². The molecule has 1 amide bonds. The van der Waals surface area contributed by atoms with E-state index >= 15 is 0 Å². The summed E-state index contributed by atoms with van der Waals surface area (Å²) in [6.07, 6.45) is 2.16. The second kappa shape index (κ2) is 6.37. The monoisotopic (exact) mass is 301 g/mol. The number of nitrogens with zero attached hydrogens (tertiary/aromatic N) is 1. The van der Waals surface area contributed by atoms with Crippen molar-refractivity contribution in [2.45, 2.75) is 25.8 Å². The van der Waals surface area contributed by atoms with Gasteiger partial charge in [-0.25, -0.2) is 4.98 Å². The smallest absolute Gasteiger partial charge is 0.263 e. The predicted octanol–water partition coefficient (Wildman–Crippen LogP) is 2.60. The number of aromatic nitrogens is 1. The topological polar surface area (TPSA) is 54.0 Å². The number of nitrogens with one attached hydrogen (secondary N) is 2. The summed E-state index contributed by atoms with van der Waals surface area (Å²) in [6.45, 7) is 3.80. The molecule has 0 radical (unpaired) electrons. The van der Waals surface area contributed by atoms with Crippen LogP contribution in [0.15, 0.2) is 30.3 Å². The van der Waals surface area contributed by atoms with E-state index in [1.807, 2.05) is 37.3 Å². The molecule has 1 atom stereocenters. The molecule has 1 aliphatic heterocycles. The maximum Gasteiger partial charge on any atom is 0.263 e. The van der Waals surface area contributed by atoms with Gasteiger partial charge < -0.3 is 10.6 Å². The maximum atomic E-state index is 12.4. The minimum atomic E-state index is 0.000816. The first-order valence-electron chi connectivity index (χ1n) is 7.28. The van der Waals surface area contributed by atoms with E-state index in [2.05, 4.69) is 15.6 Å². The van der Waals surface area contributed by atoms with Crippen LogP contribution in [0.5, 0.6) is 0 Å². The molecule has 21 heavy (non-hydrogen) atoms. The molecule has 1 aromatic carbocycles. The normalized spacial score (nSPS) is 18.4. The lowest BCUT2D eigenvalue weighted by atomic mass is 10.1. The van der Waals surface area contributed by atoms with Gasteiger partial charge >= 0.3 is 0 Å². The number of piperidine rings is 1. The summed E-state index contributed by atoms with van der Waals surface area (Å²) in [7, 11) is 0.